The highest BCUT2D eigenvalue weighted by Gasteiger charge is 2.54. The quantitative estimate of drug-likeness (QED) is 0.918. The number of aromatic nitrogens is 1. The summed E-state index contributed by atoms with van der Waals surface area (Å²) in [4.78, 5) is 15.4. The first-order chi connectivity index (χ1) is 11.8. The largest absolute Gasteiger partial charge is 0.364 e. The maximum Gasteiger partial charge on any atom is 0.228 e. The molecule has 1 N–H and O–H groups in total. The summed E-state index contributed by atoms with van der Waals surface area (Å²) in [6.07, 6.45) is 4.84. The fourth-order valence-electron chi connectivity index (χ4n) is 4.40. The lowest BCUT2D eigenvalue weighted by Gasteiger charge is -2.27. The van der Waals surface area contributed by atoms with Crippen molar-refractivity contribution in [2.75, 3.05) is 13.1 Å². The van der Waals surface area contributed by atoms with Gasteiger partial charge >= 0.3 is 0 Å². The summed E-state index contributed by atoms with van der Waals surface area (Å²) in [5.41, 5.74) is 1.86. The fourth-order valence-corrected chi connectivity index (χ4v) is 4.40. The Balaban J connectivity index is 1.43. The number of rotatable bonds is 5. The van der Waals surface area contributed by atoms with E-state index >= 15 is 0 Å². The molecule has 2 fully saturated rings. The summed E-state index contributed by atoms with van der Waals surface area (Å²) < 4.78 is 4.83. The van der Waals surface area contributed by atoms with E-state index in [1.165, 1.54) is 11.8 Å². The molecule has 1 amide bonds. The molecule has 1 aromatic heterocycles. The van der Waals surface area contributed by atoms with Crippen LogP contribution in [0.4, 0.5) is 0 Å². The first kappa shape index (κ1) is 15.4. The predicted octanol–water partition coefficient (Wildman–Crippen LogP) is 2.59. The van der Waals surface area contributed by atoms with Crippen molar-refractivity contribution < 1.29 is 9.32 Å². The molecular weight excluding hydrogens is 302 g/mol. The molecule has 5 nitrogen and oxygen atoms in total. The van der Waals surface area contributed by atoms with Gasteiger partial charge in [0, 0.05) is 25.7 Å². The van der Waals surface area contributed by atoms with Crippen LogP contribution < -0.4 is 5.32 Å². The Morgan fingerprint density at radius 1 is 1.33 bits per heavy atom. The minimum Gasteiger partial charge on any atom is -0.364 e. The number of hydrogen-bond acceptors (Lipinski definition) is 4. The number of hydrogen-bond donors (Lipinski definition) is 1. The maximum absolute atomic E-state index is 12.9. The third-order valence-corrected chi connectivity index (χ3v) is 5.56. The number of amides is 1. The molecule has 126 valence electrons. The van der Waals surface area contributed by atoms with Crippen LogP contribution in [-0.2, 0) is 17.9 Å². The Bertz CT molecular complexity index is 686. The van der Waals surface area contributed by atoms with Crippen molar-refractivity contribution in [3.63, 3.8) is 0 Å². The molecule has 1 saturated heterocycles. The van der Waals surface area contributed by atoms with Crippen LogP contribution in [-0.4, -0.2) is 29.1 Å². The number of fused-ring (bicyclic) bond motifs is 1. The van der Waals surface area contributed by atoms with Gasteiger partial charge in [-0.05, 0) is 24.3 Å². The van der Waals surface area contributed by atoms with Gasteiger partial charge in [0.25, 0.3) is 0 Å². The molecule has 2 heterocycles. The monoisotopic (exact) mass is 325 g/mol. The van der Waals surface area contributed by atoms with Gasteiger partial charge in [-0.15, -0.1) is 0 Å². The Hall–Kier alpha value is -2.14. The topological polar surface area (TPSA) is 58.4 Å². The van der Waals surface area contributed by atoms with Gasteiger partial charge in [-0.25, -0.2) is 0 Å². The van der Waals surface area contributed by atoms with E-state index in [0.717, 1.165) is 44.6 Å². The fraction of sp³-hybridized carbons (Fsp3) is 0.474. The standard InChI is InChI=1S/C19H23N3O2/c23-18(20-11-17-8-10-24-21-17)19-9-4-7-16(19)13-22(14-19)12-15-5-2-1-3-6-15/h1-3,5-6,8,10,16H,4,7,9,11-14H2,(H,20,23)/t16-,19-/m1/s1. The Kier molecular flexibility index (Phi) is 4.10. The van der Waals surface area contributed by atoms with Gasteiger partial charge in [0.05, 0.1) is 12.0 Å². The Morgan fingerprint density at radius 2 is 2.21 bits per heavy atom. The molecule has 0 unspecified atom stereocenters. The molecular formula is C19H23N3O2. The highest BCUT2D eigenvalue weighted by atomic mass is 16.5. The zero-order valence-electron chi connectivity index (χ0n) is 13.8. The van der Waals surface area contributed by atoms with Crippen molar-refractivity contribution in [2.45, 2.75) is 32.4 Å². The molecule has 4 rings (SSSR count). The first-order valence-electron chi connectivity index (χ1n) is 8.70. The van der Waals surface area contributed by atoms with Gasteiger partial charge in [-0.3, -0.25) is 9.69 Å². The van der Waals surface area contributed by atoms with Crippen LogP contribution >= 0.6 is 0 Å². The summed E-state index contributed by atoms with van der Waals surface area (Å²) in [7, 11) is 0. The van der Waals surface area contributed by atoms with Crippen LogP contribution in [0.15, 0.2) is 47.2 Å². The average molecular weight is 325 g/mol. The van der Waals surface area contributed by atoms with Crippen LogP contribution in [0.3, 0.4) is 0 Å². The van der Waals surface area contributed by atoms with Gasteiger partial charge in [-0.1, -0.05) is 41.9 Å². The van der Waals surface area contributed by atoms with Crippen molar-refractivity contribution in [1.82, 2.24) is 15.4 Å². The van der Waals surface area contributed by atoms with Gasteiger partial charge in [0.2, 0.25) is 5.91 Å². The summed E-state index contributed by atoms with van der Waals surface area (Å²) >= 11 is 0. The Labute approximate surface area is 142 Å². The molecule has 0 spiro atoms. The molecule has 1 aliphatic heterocycles. The zero-order chi connectivity index (χ0) is 16.4. The van der Waals surface area contributed by atoms with Gasteiger partial charge in [0.15, 0.2) is 0 Å². The Morgan fingerprint density at radius 3 is 3.00 bits per heavy atom. The minimum atomic E-state index is -0.224. The second-order valence-electron chi connectivity index (χ2n) is 7.07. The summed E-state index contributed by atoms with van der Waals surface area (Å²) in [5, 5.41) is 6.95. The van der Waals surface area contributed by atoms with E-state index in [9.17, 15) is 4.79 Å². The SMILES string of the molecule is O=C(NCc1ccon1)[C@@]12CCC[C@@H]1CN(Cc1ccccc1)C2. The highest BCUT2D eigenvalue weighted by Crippen LogP contribution is 2.49. The van der Waals surface area contributed by atoms with E-state index < -0.39 is 0 Å². The predicted molar refractivity (Wildman–Crippen MR) is 89.8 cm³/mol. The summed E-state index contributed by atoms with van der Waals surface area (Å²) in [5.74, 6) is 0.655. The van der Waals surface area contributed by atoms with Crippen LogP contribution in [0.5, 0.6) is 0 Å². The molecule has 2 aromatic rings. The zero-order valence-corrected chi connectivity index (χ0v) is 13.8. The molecule has 2 atom stereocenters. The third-order valence-electron chi connectivity index (χ3n) is 5.56. The number of nitrogens with one attached hydrogen (secondary N) is 1. The molecule has 1 aromatic carbocycles. The molecule has 1 saturated carbocycles. The lowest BCUT2D eigenvalue weighted by Crippen LogP contribution is -2.44. The third kappa shape index (κ3) is 2.84. The van der Waals surface area contributed by atoms with Crippen molar-refractivity contribution >= 4 is 5.91 Å². The summed E-state index contributed by atoms with van der Waals surface area (Å²) in [6, 6.07) is 12.3. The second-order valence-corrected chi connectivity index (χ2v) is 7.07. The van der Waals surface area contributed by atoms with Crippen LogP contribution in [0.2, 0.25) is 0 Å². The number of carbonyl (C=O) groups excluding carboxylic acids is 1. The number of benzene rings is 1. The number of likely N-dealkylation sites (tertiary alicyclic amines) is 1. The highest BCUT2D eigenvalue weighted by molar-refractivity contribution is 5.84. The van der Waals surface area contributed by atoms with E-state index in [1.807, 2.05) is 6.07 Å². The van der Waals surface area contributed by atoms with Gasteiger partial charge < -0.3 is 9.84 Å². The number of carbonyl (C=O) groups is 1. The molecule has 2 aliphatic rings. The van der Waals surface area contributed by atoms with E-state index in [-0.39, 0.29) is 11.3 Å². The molecule has 1 aliphatic carbocycles. The molecule has 5 heteroatoms. The van der Waals surface area contributed by atoms with E-state index in [4.69, 9.17) is 4.52 Å². The normalized spacial score (nSPS) is 26.4. The van der Waals surface area contributed by atoms with Crippen LogP contribution in [0.1, 0.15) is 30.5 Å². The minimum absolute atomic E-state index is 0.184. The van der Waals surface area contributed by atoms with E-state index in [0.29, 0.717) is 12.5 Å². The summed E-state index contributed by atoms with van der Waals surface area (Å²) in [6.45, 7) is 3.25. The second kappa shape index (κ2) is 6.40. The van der Waals surface area contributed by atoms with Crippen molar-refractivity contribution in [2.24, 2.45) is 11.3 Å². The van der Waals surface area contributed by atoms with Crippen LogP contribution in [0, 0.1) is 11.3 Å². The lowest BCUT2D eigenvalue weighted by atomic mass is 9.80. The lowest BCUT2D eigenvalue weighted by molar-refractivity contribution is -0.131. The smallest absolute Gasteiger partial charge is 0.228 e. The van der Waals surface area contributed by atoms with Crippen molar-refractivity contribution in [3.05, 3.63) is 53.9 Å². The van der Waals surface area contributed by atoms with Gasteiger partial charge in [0.1, 0.15) is 12.0 Å². The average Bonchev–Trinajstić information content (AvgIpc) is 3.29. The molecule has 24 heavy (non-hydrogen) atoms. The van der Waals surface area contributed by atoms with E-state index in [1.54, 1.807) is 6.07 Å². The van der Waals surface area contributed by atoms with Gasteiger partial charge in [-0.2, -0.15) is 0 Å². The van der Waals surface area contributed by atoms with Crippen LogP contribution in [0.25, 0.3) is 0 Å². The molecule has 0 radical (unpaired) electrons. The van der Waals surface area contributed by atoms with Crippen molar-refractivity contribution in [3.8, 4) is 0 Å². The number of nitrogens with zero attached hydrogens (tertiary/aromatic N) is 2. The van der Waals surface area contributed by atoms with E-state index in [2.05, 4.69) is 39.6 Å². The first-order valence-corrected chi connectivity index (χ1v) is 8.70. The van der Waals surface area contributed by atoms with Crippen molar-refractivity contribution in [1.29, 1.82) is 0 Å². The molecule has 0 bridgehead atoms. The maximum atomic E-state index is 12.9.